The van der Waals surface area contributed by atoms with Gasteiger partial charge in [-0.3, -0.25) is 14.6 Å². The Morgan fingerprint density at radius 1 is 1.10 bits per heavy atom. The Bertz CT molecular complexity index is 1110. The highest BCUT2D eigenvalue weighted by atomic mass is 16.3. The molecule has 1 atom stereocenters. The van der Waals surface area contributed by atoms with Crippen LogP contribution in [-0.4, -0.2) is 26.7 Å². The minimum Gasteiger partial charge on any atom is -0.507 e. The molecule has 4 rings (SSSR count). The van der Waals surface area contributed by atoms with Crippen molar-refractivity contribution in [3.8, 4) is 0 Å². The van der Waals surface area contributed by atoms with Gasteiger partial charge in [0.05, 0.1) is 5.57 Å². The highest BCUT2D eigenvalue weighted by molar-refractivity contribution is 6.46. The van der Waals surface area contributed by atoms with Crippen molar-refractivity contribution < 1.29 is 19.1 Å². The summed E-state index contributed by atoms with van der Waals surface area (Å²) < 4.78 is 5.78. The Morgan fingerprint density at radius 2 is 1.87 bits per heavy atom. The fourth-order valence-corrected chi connectivity index (χ4v) is 3.68. The maximum atomic E-state index is 13.0. The van der Waals surface area contributed by atoms with Gasteiger partial charge in [0.1, 0.15) is 23.3 Å². The summed E-state index contributed by atoms with van der Waals surface area (Å²) in [6.07, 6.45) is 4.15. The summed E-state index contributed by atoms with van der Waals surface area (Å²) in [6.45, 7) is 4.01. The molecule has 2 aromatic heterocycles. The lowest BCUT2D eigenvalue weighted by atomic mass is 9.98. The molecule has 1 saturated heterocycles. The van der Waals surface area contributed by atoms with Crippen molar-refractivity contribution in [2.75, 3.05) is 0 Å². The number of nitrogens with zero attached hydrogens (tertiary/aromatic N) is 2. The Hall–Kier alpha value is -3.67. The summed E-state index contributed by atoms with van der Waals surface area (Å²) in [7, 11) is 0. The van der Waals surface area contributed by atoms with Crippen LogP contribution in [0.15, 0.2) is 70.9 Å². The van der Waals surface area contributed by atoms with Gasteiger partial charge in [-0.1, -0.05) is 37.3 Å². The maximum Gasteiger partial charge on any atom is 0.296 e. The highest BCUT2D eigenvalue weighted by Gasteiger charge is 2.47. The Kier molecular flexibility index (Phi) is 5.23. The number of furan rings is 1. The van der Waals surface area contributed by atoms with Crippen LogP contribution in [0.5, 0.6) is 0 Å². The molecule has 1 aromatic carbocycles. The summed E-state index contributed by atoms with van der Waals surface area (Å²) in [5.41, 5.74) is 2.41. The summed E-state index contributed by atoms with van der Waals surface area (Å²) in [4.78, 5) is 31.4. The number of aromatic nitrogens is 1. The van der Waals surface area contributed by atoms with Gasteiger partial charge in [-0.25, -0.2) is 0 Å². The molecule has 0 bridgehead atoms. The monoisotopic (exact) mass is 402 g/mol. The third kappa shape index (κ3) is 3.52. The van der Waals surface area contributed by atoms with E-state index in [1.54, 1.807) is 49.6 Å². The van der Waals surface area contributed by atoms with Gasteiger partial charge in [0.2, 0.25) is 0 Å². The highest BCUT2D eigenvalue weighted by Crippen LogP contribution is 2.40. The molecule has 6 nitrogen and oxygen atoms in total. The molecule has 1 amide bonds. The zero-order valence-electron chi connectivity index (χ0n) is 16.8. The Morgan fingerprint density at radius 3 is 2.47 bits per heavy atom. The molecule has 152 valence electrons. The summed E-state index contributed by atoms with van der Waals surface area (Å²) in [6, 6.07) is 13.6. The van der Waals surface area contributed by atoms with E-state index in [0.717, 1.165) is 17.5 Å². The van der Waals surface area contributed by atoms with Crippen LogP contribution in [0.4, 0.5) is 0 Å². The number of ketones is 1. The number of aliphatic hydroxyl groups is 1. The van der Waals surface area contributed by atoms with Crippen molar-refractivity contribution >= 4 is 17.4 Å². The summed E-state index contributed by atoms with van der Waals surface area (Å²) in [5.74, 6) is -0.519. The number of benzene rings is 1. The molecule has 6 heteroatoms. The molecular formula is C24H22N2O4. The summed E-state index contributed by atoms with van der Waals surface area (Å²) >= 11 is 0. The fraction of sp³-hybridized carbons (Fsp3) is 0.208. The van der Waals surface area contributed by atoms with Crippen LogP contribution < -0.4 is 0 Å². The minimum atomic E-state index is -0.815. The number of hydrogen-bond donors (Lipinski definition) is 1. The van der Waals surface area contributed by atoms with Gasteiger partial charge in [0, 0.05) is 24.5 Å². The molecule has 1 unspecified atom stereocenters. The van der Waals surface area contributed by atoms with Crippen LogP contribution in [0.3, 0.4) is 0 Å². The van der Waals surface area contributed by atoms with Crippen molar-refractivity contribution in [3.63, 3.8) is 0 Å². The molecule has 0 saturated carbocycles. The quantitative estimate of drug-likeness (QED) is 0.393. The lowest BCUT2D eigenvalue weighted by molar-refractivity contribution is -0.140. The van der Waals surface area contributed by atoms with Crippen LogP contribution in [0.1, 0.15) is 41.2 Å². The number of likely N-dealkylation sites (tertiary alicyclic amines) is 1. The smallest absolute Gasteiger partial charge is 0.296 e. The second-order valence-electron chi connectivity index (χ2n) is 7.29. The molecule has 1 fully saturated rings. The predicted molar refractivity (Wildman–Crippen MR) is 111 cm³/mol. The molecule has 0 spiro atoms. The molecule has 0 radical (unpaired) electrons. The van der Waals surface area contributed by atoms with E-state index in [1.165, 1.54) is 4.90 Å². The van der Waals surface area contributed by atoms with Gasteiger partial charge in [-0.05, 0) is 42.7 Å². The minimum absolute atomic E-state index is 0.0301. The lowest BCUT2D eigenvalue weighted by Crippen LogP contribution is -2.29. The lowest BCUT2D eigenvalue weighted by Gasteiger charge is -2.23. The molecular weight excluding hydrogens is 380 g/mol. The third-order valence-corrected chi connectivity index (χ3v) is 5.28. The van der Waals surface area contributed by atoms with Crippen LogP contribution in [-0.2, 0) is 22.6 Å². The average molecular weight is 402 g/mol. The van der Waals surface area contributed by atoms with Gasteiger partial charge in [-0.15, -0.1) is 0 Å². The van der Waals surface area contributed by atoms with E-state index in [1.807, 2.05) is 25.1 Å². The van der Waals surface area contributed by atoms with E-state index in [2.05, 4.69) is 4.98 Å². The molecule has 30 heavy (non-hydrogen) atoms. The van der Waals surface area contributed by atoms with Crippen LogP contribution in [0.25, 0.3) is 5.76 Å². The van der Waals surface area contributed by atoms with Gasteiger partial charge < -0.3 is 14.4 Å². The van der Waals surface area contributed by atoms with E-state index in [9.17, 15) is 14.7 Å². The van der Waals surface area contributed by atoms with Crippen LogP contribution >= 0.6 is 0 Å². The van der Waals surface area contributed by atoms with Crippen LogP contribution in [0.2, 0.25) is 0 Å². The largest absolute Gasteiger partial charge is 0.507 e. The first-order valence-corrected chi connectivity index (χ1v) is 9.82. The Balaban J connectivity index is 1.83. The standard InChI is InChI=1S/C24H22N2O4/c1-3-16-7-9-18(10-8-16)22(27)20-21(19-11-6-15(2)30-19)26(24(29)23(20)28)14-17-5-4-12-25-13-17/h4-13,21,27H,3,14H2,1-2H3/b22-20-. The molecule has 3 heterocycles. The van der Waals surface area contributed by atoms with E-state index < -0.39 is 17.7 Å². The number of hydrogen-bond acceptors (Lipinski definition) is 5. The molecule has 3 aromatic rings. The second kappa shape index (κ2) is 7.99. The van der Waals surface area contributed by atoms with Crippen molar-refractivity contribution in [2.24, 2.45) is 0 Å². The first-order chi connectivity index (χ1) is 14.5. The number of rotatable bonds is 5. The maximum absolute atomic E-state index is 13.0. The van der Waals surface area contributed by atoms with E-state index >= 15 is 0 Å². The first kappa shape index (κ1) is 19.6. The summed E-state index contributed by atoms with van der Waals surface area (Å²) in [5, 5.41) is 11.0. The zero-order chi connectivity index (χ0) is 21.3. The number of aryl methyl sites for hydroxylation is 2. The molecule has 1 aliphatic heterocycles. The molecule has 1 N–H and O–H groups in total. The zero-order valence-corrected chi connectivity index (χ0v) is 16.8. The molecule has 0 aliphatic carbocycles. The number of pyridine rings is 1. The van der Waals surface area contributed by atoms with Gasteiger partial charge in [-0.2, -0.15) is 0 Å². The van der Waals surface area contributed by atoms with Crippen molar-refractivity contribution in [1.82, 2.24) is 9.88 Å². The molecule has 1 aliphatic rings. The number of carbonyl (C=O) groups excluding carboxylic acids is 2. The first-order valence-electron chi connectivity index (χ1n) is 9.82. The topological polar surface area (TPSA) is 83.6 Å². The number of aliphatic hydroxyl groups excluding tert-OH is 1. The van der Waals surface area contributed by atoms with Crippen molar-refractivity contribution in [2.45, 2.75) is 32.9 Å². The number of carbonyl (C=O) groups is 2. The number of amides is 1. The Labute approximate surface area is 174 Å². The van der Waals surface area contributed by atoms with E-state index in [4.69, 9.17) is 4.42 Å². The second-order valence-corrected chi connectivity index (χ2v) is 7.29. The van der Waals surface area contributed by atoms with Crippen molar-refractivity contribution in [3.05, 3.63) is 94.7 Å². The average Bonchev–Trinajstić information content (AvgIpc) is 3.30. The van der Waals surface area contributed by atoms with Gasteiger partial charge in [0.25, 0.3) is 11.7 Å². The number of Topliss-reactive ketones (excluding diaryl/α,β-unsaturated/α-hetero) is 1. The van der Waals surface area contributed by atoms with E-state index in [0.29, 0.717) is 17.1 Å². The SMILES string of the molecule is CCc1ccc(/C(O)=C2/C(=O)C(=O)N(Cc3cccnc3)C2c2ccc(C)o2)cc1. The van der Waals surface area contributed by atoms with E-state index in [-0.39, 0.29) is 17.9 Å². The fourth-order valence-electron chi connectivity index (χ4n) is 3.68. The normalized spacial score (nSPS) is 18.2. The van der Waals surface area contributed by atoms with Crippen LogP contribution in [0, 0.1) is 6.92 Å². The van der Waals surface area contributed by atoms with Gasteiger partial charge >= 0.3 is 0 Å². The van der Waals surface area contributed by atoms with Gasteiger partial charge in [0.15, 0.2) is 0 Å². The van der Waals surface area contributed by atoms with Crippen molar-refractivity contribution in [1.29, 1.82) is 0 Å². The third-order valence-electron chi connectivity index (χ3n) is 5.28. The predicted octanol–water partition coefficient (Wildman–Crippen LogP) is 4.17.